The molecule has 6 nitrogen and oxygen atoms in total. The summed E-state index contributed by atoms with van der Waals surface area (Å²) in [5.74, 6) is -0.232. The molecule has 0 bridgehead atoms. The maximum absolute atomic E-state index is 13.5. The molecule has 2 aromatic carbocycles. The molecule has 1 saturated heterocycles. The predicted octanol–water partition coefficient (Wildman–Crippen LogP) is 4.15. The highest BCUT2D eigenvalue weighted by Gasteiger charge is 2.32. The van der Waals surface area contributed by atoms with E-state index >= 15 is 0 Å². The van der Waals surface area contributed by atoms with Gasteiger partial charge in [-0.1, -0.05) is 54.6 Å². The minimum atomic E-state index is -3.84. The third-order valence-corrected chi connectivity index (χ3v) is 8.31. The van der Waals surface area contributed by atoms with E-state index in [1.165, 1.54) is 4.31 Å². The number of carbonyl (C=O) groups excluding carboxylic acids is 1. The molecule has 1 amide bonds. The van der Waals surface area contributed by atoms with E-state index in [2.05, 4.69) is 0 Å². The van der Waals surface area contributed by atoms with E-state index in [0.717, 1.165) is 23.3 Å². The van der Waals surface area contributed by atoms with Crippen molar-refractivity contribution in [3.8, 4) is 0 Å². The van der Waals surface area contributed by atoms with Gasteiger partial charge in [-0.25, -0.2) is 8.42 Å². The fourth-order valence-electron chi connectivity index (χ4n) is 3.88. The Morgan fingerprint density at radius 2 is 1.70 bits per heavy atom. The van der Waals surface area contributed by atoms with Crippen LogP contribution in [0.5, 0.6) is 0 Å². The third-order valence-electron chi connectivity index (χ3n) is 5.62. The van der Waals surface area contributed by atoms with Crippen LogP contribution < -0.4 is 0 Å². The van der Waals surface area contributed by atoms with E-state index in [0.29, 0.717) is 19.7 Å². The second-order valence-electron chi connectivity index (χ2n) is 8.06. The number of ether oxygens (including phenoxy) is 1. The van der Waals surface area contributed by atoms with Crippen LogP contribution in [0.2, 0.25) is 0 Å². The molecule has 33 heavy (non-hydrogen) atoms. The van der Waals surface area contributed by atoms with Gasteiger partial charge in [0.25, 0.3) is 0 Å². The van der Waals surface area contributed by atoms with Crippen LogP contribution in [0.3, 0.4) is 0 Å². The van der Waals surface area contributed by atoms with E-state index < -0.39 is 10.0 Å². The largest absolute Gasteiger partial charge is 0.377 e. The fourth-order valence-corrected chi connectivity index (χ4v) is 6.04. The van der Waals surface area contributed by atoms with Crippen molar-refractivity contribution in [2.75, 3.05) is 19.7 Å². The Morgan fingerprint density at radius 3 is 2.33 bits per heavy atom. The highest BCUT2D eigenvalue weighted by molar-refractivity contribution is 7.89. The van der Waals surface area contributed by atoms with Gasteiger partial charge in [-0.15, -0.1) is 11.3 Å². The summed E-state index contributed by atoms with van der Waals surface area (Å²) in [6.45, 7) is 1.41. The number of thiophene rings is 1. The summed E-state index contributed by atoms with van der Waals surface area (Å²) < 4.78 is 33.9. The molecule has 0 N–H and O–H groups in total. The maximum atomic E-state index is 13.5. The molecule has 0 aliphatic carbocycles. The molecule has 1 aliphatic rings. The Labute approximate surface area is 199 Å². The van der Waals surface area contributed by atoms with Crippen molar-refractivity contribution >= 4 is 27.3 Å². The zero-order valence-electron chi connectivity index (χ0n) is 18.4. The Kier molecular flexibility index (Phi) is 7.93. The number of benzene rings is 2. The first-order chi connectivity index (χ1) is 16.0. The molecule has 1 aliphatic heterocycles. The van der Waals surface area contributed by atoms with Crippen molar-refractivity contribution in [3.05, 3.63) is 88.6 Å². The molecule has 1 aromatic heterocycles. The summed E-state index contributed by atoms with van der Waals surface area (Å²) >= 11 is 1.58. The van der Waals surface area contributed by atoms with Crippen molar-refractivity contribution in [2.45, 2.75) is 36.9 Å². The molecule has 0 spiro atoms. The van der Waals surface area contributed by atoms with Crippen LogP contribution in [0.4, 0.5) is 0 Å². The lowest BCUT2D eigenvalue weighted by molar-refractivity contribution is -0.132. The Bertz CT molecular complexity index is 1110. The van der Waals surface area contributed by atoms with Crippen molar-refractivity contribution in [3.63, 3.8) is 0 Å². The number of amides is 1. The van der Waals surface area contributed by atoms with E-state index in [1.807, 2.05) is 47.8 Å². The predicted molar refractivity (Wildman–Crippen MR) is 129 cm³/mol. The summed E-state index contributed by atoms with van der Waals surface area (Å²) in [6.07, 6.45) is 1.49. The average molecular weight is 485 g/mol. The van der Waals surface area contributed by atoms with Gasteiger partial charge in [-0.3, -0.25) is 4.79 Å². The van der Waals surface area contributed by atoms with Gasteiger partial charge in [0.05, 0.1) is 24.1 Å². The number of nitrogens with zero attached hydrogens (tertiary/aromatic N) is 2. The molecule has 4 rings (SSSR count). The van der Waals surface area contributed by atoms with Crippen LogP contribution in [0.1, 0.15) is 23.3 Å². The standard InChI is InChI=1S/C25H28N2O4S2/c28-25(26(19-23-12-8-16-32-23)17-21-9-3-1-4-10-21)20-27(18-22-11-7-15-31-22)33(29,30)24-13-5-2-6-14-24/h1-6,8-10,12-14,16,22H,7,11,15,17-20H2. The average Bonchev–Trinajstić information content (AvgIpc) is 3.54. The first-order valence-corrected chi connectivity index (χ1v) is 13.4. The molecular formula is C25H28N2O4S2. The third kappa shape index (κ3) is 6.29. The Hall–Kier alpha value is -2.52. The minimum absolute atomic E-state index is 0.168. The number of hydrogen-bond acceptors (Lipinski definition) is 5. The summed E-state index contributed by atoms with van der Waals surface area (Å²) in [4.78, 5) is 16.5. The van der Waals surface area contributed by atoms with Gasteiger partial charge in [0.2, 0.25) is 15.9 Å². The van der Waals surface area contributed by atoms with E-state index in [9.17, 15) is 13.2 Å². The second kappa shape index (κ2) is 11.1. The first kappa shape index (κ1) is 23.6. The second-order valence-corrected chi connectivity index (χ2v) is 11.0. The number of sulfonamides is 1. The van der Waals surface area contributed by atoms with Crippen LogP contribution in [-0.2, 0) is 32.6 Å². The van der Waals surface area contributed by atoms with E-state index in [1.54, 1.807) is 46.6 Å². The molecule has 174 valence electrons. The lowest BCUT2D eigenvalue weighted by atomic mass is 10.2. The Balaban J connectivity index is 1.58. The zero-order valence-corrected chi connectivity index (χ0v) is 20.0. The number of carbonyl (C=O) groups is 1. The molecule has 0 radical (unpaired) electrons. The lowest BCUT2D eigenvalue weighted by Gasteiger charge is -2.28. The van der Waals surface area contributed by atoms with E-state index in [4.69, 9.17) is 4.74 Å². The van der Waals surface area contributed by atoms with Gasteiger partial charge in [0.15, 0.2) is 0 Å². The fraction of sp³-hybridized carbons (Fsp3) is 0.320. The molecule has 1 fully saturated rings. The number of hydrogen-bond donors (Lipinski definition) is 0. The monoisotopic (exact) mass is 484 g/mol. The quantitative estimate of drug-likeness (QED) is 0.434. The normalized spacial score (nSPS) is 16.2. The summed E-state index contributed by atoms with van der Waals surface area (Å²) in [6, 6.07) is 22.0. The summed E-state index contributed by atoms with van der Waals surface area (Å²) in [5.41, 5.74) is 0.999. The van der Waals surface area contributed by atoms with Crippen molar-refractivity contribution in [1.82, 2.24) is 9.21 Å². The van der Waals surface area contributed by atoms with Gasteiger partial charge in [0.1, 0.15) is 0 Å². The van der Waals surface area contributed by atoms with Gasteiger partial charge in [-0.2, -0.15) is 4.31 Å². The van der Waals surface area contributed by atoms with Gasteiger partial charge in [-0.05, 0) is 42.0 Å². The topological polar surface area (TPSA) is 66.9 Å². The number of rotatable bonds is 10. The minimum Gasteiger partial charge on any atom is -0.377 e. The van der Waals surface area contributed by atoms with Crippen LogP contribution >= 0.6 is 11.3 Å². The molecule has 0 saturated carbocycles. The maximum Gasteiger partial charge on any atom is 0.243 e. The van der Waals surface area contributed by atoms with E-state index in [-0.39, 0.29) is 30.0 Å². The molecular weight excluding hydrogens is 456 g/mol. The van der Waals surface area contributed by atoms with Crippen molar-refractivity contribution in [1.29, 1.82) is 0 Å². The highest BCUT2D eigenvalue weighted by atomic mass is 32.2. The van der Waals surface area contributed by atoms with Crippen molar-refractivity contribution in [2.24, 2.45) is 0 Å². The molecule has 1 unspecified atom stereocenters. The lowest BCUT2D eigenvalue weighted by Crippen LogP contribution is -2.45. The van der Waals surface area contributed by atoms with Crippen LogP contribution in [0, 0.1) is 0 Å². The highest BCUT2D eigenvalue weighted by Crippen LogP contribution is 2.21. The zero-order chi connectivity index (χ0) is 23.1. The van der Waals surface area contributed by atoms with Crippen LogP contribution in [0.15, 0.2) is 83.1 Å². The Morgan fingerprint density at radius 1 is 0.970 bits per heavy atom. The molecule has 3 aromatic rings. The van der Waals surface area contributed by atoms with Crippen molar-refractivity contribution < 1.29 is 17.9 Å². The summed E-state index contributed by atoms with van der Waals surface area (Å²) in [7, 11) is -3.84. The van der Waals surface area contributed by atoms with Crippen LogP contribution in [0.25, 0.3) is 0 Å². The van der Waals surface area contributed by atoms with Gasteiger partial charge in [0, 0.05) is 24.6 Å². The summed E-state index contributed by atoms with van der Waals surface area (Å²) in [5, 5.41) is 1.98. The van der Waals surface area contributed by atoms with Crippen LogP contribution in [-0.4, -0.2) is 49.3 Å². The van der Waals surface area contributed by atoms with Gasteiger partial charge < -0.3 is 9.64 Å². The molecule has 1 atom stereocenters. The van der Waals surface area contributed by atoms with Gasteiger partial charge >= 0.3 is 0 Å². The SMILES string of the molecule is O=C(CN(CC1CCCO1)S(=O)(=O)c1ccccc1)N(Cc1ccccc1)Cc1cccs1. The smallest absolute Gasteiger partial charge is 0.243 e. The molecule has 8 heteroatoms. The molecule has 2 heterocycles. The first-order valence-electron chi connectivity index (χ1n) is 11.0.